The van der Waals surface area contributed by atoms with Crippen molar-refractivity contribution in [3.8, 4) is 5.88 Å². The zero-order chi connectivity index (χ0) is 27.4. The van der Waals surface area contributed by atoms with Crippen LogP contribution in [0.15, 0.2) is 102 Å². The van der Waals surface area contributed by atoms with Crippen LogP contribution in [0.2, 0.25) is 0 Å². The molecule has 0 aliphatic carbocycles. The number of likely N-dealkylation sites (N-methyl/N-ethyl adjacent to an activating group) is 1. The molecule has 1 amide bonds. The van der Waals surface area contributed by atoms with Gasteiger partial charge in [-0.2, -0.15) is 0 Å². The van der Waals surface area contributed by atoms with E-state index in [1.165, 1.54) is 12.1 Å². The summed E-state index contributed by atoms with van der Waals surface area (Å²) in [6.45, 7) is 1.18. The monoisotopic (exact) mass is 521 g/mol. The number of hydrogen-bond donors (Lipinski definition) is 2. The lowest BCUT2D eigenvalue weighted by atomic mass is 10.0. The van der Waals surface area contributed by atoms with Crippen LogP contribution in [-0.2, 0) is 0 Å². The number of halogens is 1. The molecule has 0 saturated carbocycles. The zero-order valence-electron chi connectivity index (χ0n) is 21.7. The lowest BCUT2D eigenvalue weighted by molar-refractivity contribution is 0.0985. The molecular formula is C31H28FN5O2. The van der Waals surface area contributed by atoms with Crippen LogP contribution < -0.4 is 4.90 Å². The van der Waals surface area contributed by atoms with Crippen LogP contribution in [-0.4, -0.2) is 58.8 Å². The van der Waals surface area contributed by atoms with Gasteiger partial charge in [-0.05, 0) is 68.7 Å². The molecule has 0 fully saturated rings. The highest BCUT2D eigenvalue weighted by atomic mass is 19.1. The number of amides is 1. The minimum atomic E-state index is -0.399. The number of hydrogen-bond acceptors (Lipinski definition) is 5. The maximum atomic E-state index is 13.8. The van der Waals surface area contributed by atoms with Crippen LogP contribution in [0.3, 0.4) is 0 Å². The first-order valence-corrected chi connectivity index (χ1v) is 12.5. The molecular weight excluding hydrogens is 493 g/mol. The standard InChI is InChI=1S/C31H28FN5O2/c1-36(2)17-18-37(31(39)22-9-6-16-33-20-22)25-13-11-24(12-14-25)34-29(21-7-4-3-5-8-21)28-26-15-10-23(32)19-27(26)35-30(28)38/h3-16,19-20,35,38H,17-18H2,1-2H3. The third-order valence-corrected chi connectivity index (χ3v) is 6.35. The Morgan fingerprint density at radius 2 is 1.69 bits per heavy atom. The van der Waals surface area contributed by atoms with Gasteiger partial charge in [-0.1, -0.05) is 30.3 Å². The highest BCUT2D eigenvalue weighted by Gasteiger charge is 2.20. The molecule has 0 atom stereocenters. The molecule has 39 heavy (non-hydrogen) atoms. The molecule has 0 aliphatic heterocycles. The Hall–Kier alpha value is -4.82. The van der Waals surface area contributed by atoms with Crippen molar-refractivity contribution in [1.82, 2.24) is 14.9 Å². The van der Waals surface area contributed by atoms with Crippen molar-refractivity contribution in [2.75, 3.05) is 32.1 Å². The van der Waals surface area contributed by atoms with Crippen LogP contribution in [0.5, 0.6) is 5.88 Å². The summed E-state index contributed by atoms with van der Waals surface area (Å²) >= 11 is 0. The van der Waals surface area contributed by atoms with Gasteiger partial charge in [-0.3, -0.25) is 9.78 Å². The fourth-order valence-corrected chi connectivity index (χ4v) is 4.39. The number of carbonyl (C=O) groups excluding carboxylic acids is 1. The van der Waals surface area contributed by atoms with E-state index in [4.69, 9.17) is 4.99 Å². The molecule has 0 bridgehead atoms. The molecule has 5 rings (SSSR count). The number of anilines is 1. The molecule has 3 aromatic carbocycles. The minimum absolute atomic E-state index is 0.0910. The van der Waals surface area contributed by atoms with Crippen molar-refractivity contribution in [2.24, 2.45) is 4.99 Å². The van der Waals surface area contributed by atoms with Gasteiger partial charge in [0.25, 0.3) is 5.91 Å². The van der Waals surface area contributed by atoms with Crippen LogP contribution in [0.1, 0.15) is 21.5 Å². The molecule has 2 heterocycles. The Morgan fingerprint density at radius 1 is 0.949 bits per heavy atom. The normalized spacial score (nSPS) is 11.7. The van der Waals surface area contributed by atoms with Gasteiger partial charge in [0.05, 0.1) is 28.0 Å². The van der Waals surface area contributed by atoms with Gasteiger partial charge in [0.1, 0.15) is 5.82 Å². The molecule has 0 spiro atoms. The van der Waals surface area contributed by atoms with E-state index < -0.39 is 5.82 Å². The number of pyridine rings is 1. The SMILES string of the molecule is CN(C)CCN(C(=O)c1cccnc1)c1ccc(N=C(c2ccccc2)c2c(O)[nH]c3cc(F)ccc23)cc1. The summed E-state index contributed by atoms with van der Waals surface area (Å²) in [4.78, 5) is 28.9. The summed E-state index contributed by atoms with van der Waals surface area (Å²) in [6.07, 6.45) is 3.20. The smallest absolute Gasteiger partial charge is 0.259 e. The molecule has 7 nitrogen and oxygen atoms in total. The number of carbonyl (C=O) groups is 1. The number of aromatic hydroxyl groups is 1. The summed E-state index contributed by atoms with van der Waals surface area (Å²) in [5, 5.41) is 11.5. The van der Waals surface area contributed by atoms with Crippen molar-refractivity contribution in [3.63, 3.8) is 0 Å². The lowest BCUT2D eigenvalue weighted by Crippen LogP contribution is -2.36. The zero-order valence-corrected chi connectivity index (χ0v) is 21.7. The van der Waals surface area contributed by atoms with E-state index >= 15 is 0 Å². The second-order valence-electron chi connectivity index (χ2n) is 9.38. The fourth-order valence-electron chi connectivity index (χ4n) is 4.39. The van der Waals surface area contributed by atoms with Crippen LogP contribution >= 0.6 is 0 Å². The Labute approximate surface area is 225 Å². The van der Waals surface area contributed by atoms with Gasteiger partial charge in [-0.15, -0.1) is 0 Å². The van der Waals surface area contributed by atoms with Gasteiger partial charge in [-0.25, -0.2) is 9.38 Å². The Balaban J connectivity index is 1.55. The van der Waals surface area contributed by atoms with Crippen molar-refractivity contribution in [2.45, 2.75) is 0 Å². The van der Waals surface area contributed by atoms with Crippen molar-refractivity contribution in [1.29, 1.82) is 0 Å². The predicted octanol–water partition coefficient (Wildman–Crippen LogP) is 5.79. The van der Waals surface area contributed by atoms with Gasteiger partial charge >= 0.3 is 0 Å². The average molecular weight is 522 g/mol. The van der Waals surface area contributed by atoms with Gasteiger partial charge in [0, 0.05) is 42.1 Å². The third kappa shape index (κ3) is 5.71. The van der Waals surface area contributed by atoms with Gasteiger partial charge in [0.15, 0.2) is 5.88 Å². The second-order valence-corrected chi connectivity index (χ2v) is 9.38. The quantitative estimate of drug-likeness (QED) is 0.253. The van der Waals surface area contributed by atoms with Crippen LogP contribution in [0, 0.1) is 5.82 Å². The highest BCUT2D eigenvalue weighted by Crippen LogP contribution is 2.32. The average Bonchev–Trinajstić information content (AvgIpc) is 3.27. The number of benzene rings is 3. The Kier molecular flexibility index (Phi) is 7.47. The van der Waals surface area contributed by atoms with Gasteiger partial charge in [0.2, 0.25) is 0 Å². The molecule has 0 aliphatic rings. The van der Waals surface area contributed by atoms with Crippen LogP contribution in [0.4, 0.5) is 15.8 Å². The summed E-state index contributed by atoms with van der Waals surface area (Å²) in [5.74, 6) is -0.627. The van der Waals surface area contributed by atoms with E-state index in [9.17, 15) is 14.3 Å². The van der Waals surface area contributed by atoms with Gasteiger partial charge < -0.3 is 19.9 Å². The van der Waals surface area contributed by atoms with Crippen molar-refractivity contribution < 1.29 is 14.3 Å². The molecule has 0 radical (unpaired) electrons. The maximum absolute atomic E-state index is 13.8. The van der Waals surface area contributed by atoms with E-state index in [0.717, 1.165) is 11.3 Å². The molecule has 0 unspecified atom stereocenters. The van der Waals surface area contributed by atoms with Crippen LogP contribution in [0.25, 0.3) is 10.9 Å². The van der Waals surface area contributed by atoms with E-state index in [1.54, 1.807) is 35.5 Å². The maximum Gasteiger partial charge on any atom is 0.259 e. The summed E-state index contributed by atoms with van der Waals surface area (Å²) < 4.78 is 13.8. The molecule has 0 saturated heterocycles. The van der Waals surface area contributed by atoms with E-state index in [1.807, 2.05) is 73.6 Å². The van der Waals surface area contributed by atoms with Crippen molar-refractivity contribution in [3.05, 3.63) is 120 Å². The number of nitrogens with zero attached hydrogens (tertiary/aromatic N) is 4. The fraction of sp³-hybridized carbons (Fsp3) is 0.129. The van der Waals surface area contributed by atoms with E-state index in [-0.39, 0.29) is 11.8 Å². The van der Waals surface area contributed by atoms with Crippen molar-refractivity contribution >= 4 is 33.9 Å². The Bertz CT molecular complexity index is 1610. The number of rotatable bonds is 8. The number of aromatic amines is 1. The lowest BCUT2D eigenvalue weighted by Gasteiger charge is -2.24. The number of fused-ring (bicyclic) bond motifs is 1. The Morgan fingerprint density at radius 3 is 2.38 bits per heavy atom. The number of H-pyrrole nitrogens is 1. The topological polar surface area (TPSA) is 84.8 Å². The second kappa shape index (κ2) is 11.3. The first-order chi connectivity index (χ1) is 18.9. The number of aromatic nitrogens is 2. The molecule has 196 valence electrons. The largest absolute Gasteiger partial charge is 0.494 e. The highest BCUT2D eigenvalue weighted by molar-refractivity contribution is 6.21. The van der Waals surface area contributed by atoms with E-state index in [0.29, 0.717) is 46.5 Å². The predicted molar refractivity (Wildman–Crippen MR) is 153 cm³/mol. The first kappa shape index (κ1) is 25.8. The first-order valence-electron chi connectivity index (χ1n) is 12.5. The third-order valence-electron chi connectivity index (χ3n) is 6.35. The minimum Gasteiger partial charge on any atom is -0.494 e. The molecule has 8 heteroatoms. The summed E-state index contributed by atoms with van der Waals surface area (Å²) in [6, 6.07) is 24.7. The summed E-state index contributed by atoms with van der Waals surface area (Å²) in [7, 11) is 3.92. The number of nitrogens with one attached hydrogen (secondary N) is 1. The molecule has 2 aromatic heterocycles. The molecule has 2 N–H and O–H groups in total. The molecule has 5 aromatic rings. The summed E-state index contributed by atoms with van der Waals surface area (Å²) in [5.41, 5.74) is 4.17. The van der Waals surface area contributed by atoms with E-state index in [2.05, 4.69) is 9.97 Å². The number of aliphatic imine (C=N–C) groups is 1.